The molecule has 232 valence electrons. The van der Waals surface area contributed by atoms with E-state index in [0.29, 0.717) is 53.4 Å². The molecule has 0 unspecified atom stereocenters. The van der Waals surface area contributed by atoms with Crippen molar-refractivity contribution in [2.75, 3.05) is 73.7 Å². The highest BCUT2D eigenvalue weighted by molar-refractivity contribution is 6.02. The first kappa shape index (κ1) is 29.7. The van der Waals surface area contributed by atoms with Crippen molar-refractivity contribution in [3.8, 4) is 5.75 Å². The number of morpholine rings is 1. The zero-order valence-corrected chi connectivity index (χ0v) is 24.5. The number of methoxy groups -OCH3 is 1. The van der Waals surface area contributed by atoms with Crippen molar-refractivity contribution >= 4 is 34.6 Å². The fourth-order valence-electron chi connectivity index (χ4n) is 5.97. The van der Waals surface area contributed by atoms with Crippen LogP contribution in [-0.2, 0) is 14.4 Å². The molecule has 0 aliphatic carbocycles. The number of rotatable bonds is 9. The van der Waals surface area contributed by atoms with E-state index in [1.165, 1.54) is 18.5 Å². The fraction of sp³-hybridized carbons (Fsp3) is 0.387. The quantitative estimate of drug-likeness (QED) is 0.340. The van der Waals surface area contributed by atoms with Gasteiger partial charge in [0, 0.05) is 50.8 Å². The molecule has 2 atom stereocenters. The molecule has 2 aromatic carbocycles. The van der Waals surface area contributed by atoms with Gasteiger partial charge in [0.1, 0.15) is 17.9 Å². The van der Waals surface area contributed by atoms with Crippen molar-refractivity contribution in [2.45, 2.75) is 24.9 Å². The number of hydrogen-bond donors (Lipinski definition) is 2. The van der Waals surface area contributed by atoms with Crippen LogP contribution in [0.4, 0.5) is 37.5 Å². The van der Waals surface area contributed by atoms with Gasteiger partial charge in [-0.25, -0.2) is 23.8 Å². The Hall–Kier alpha value is -4.33. The van der Waals surface area contributed by atoms with E-state index in [2.05, 4.69) is 37.0 Å². The summed E-state index contributed by atoms with van der Waals surface area (Å²) in [4.78, 5) is 31.8. The number of hydroxylamine groups is 1. The Bertz CT molecular complexity index is 1520. The molecule has 4 heterocycles. The smallest absolute Gasteiger partial charge is 0.247 e. The predicted octanol–water partition coefficient (Wildman–Crippen LogP) is 4.43. The first-order chi connectivity index (χ1) is 21.4. The molecular formula is C31H35F2N7O4. The van der Waals surface area contributed by atoms with Crippen LogP contribution in [0.15, 0.2) is 55.4 Å². The second-order valence-corrected chi connectivity index (χ2v) is 10.8. The maximum Gasteiger partial charge on any atom is 0.247 e. The van der Waals surface area contributed by atoms with Gasteiger partial charge in [-0.15, -0.1) is 0 Å². The summed E-state index contributed by atoms with van der Waals surface area (Å²) >= 11 is 0. The van der Waals surface area contributed by atoms with Gasteiger partial charge in [-0.1, -0.05) is 12.6 Å². The number of anilines is 5. The highest BCUT2D eigenvalue weighted by Crippen LogP contribution is 2.41. The number of carbonyl (C=O) groups is 1. The second-order valence-electron chi connectivity index (χ2n) is 10.8. The normalized spacial score (nSPS) is 20.5. The van der Waals surface area contributed by atoms with Crippen molar-refractivity contribution in [3.63, 3.8) is 0 Å². The Balaban J connectivity index is 1.26. The summed E-state index contributed by atoms with van der Waals surface area (Å²) in [6.45, 7) is 8.95. The Kier molecular flexibility index (Phi) is 8.87. The van der Waals surface area contributed by atoms with E-state index in [9.17, 15) is 13.6 Å². The Morgan fingerprint density at radius 1 is 1.05 bits per heavy atom. The number of hydrogen-bond acceptors (Lipinski definition) is 10. The minimum atomic E-state index is -0.917. The van der Waals surface area contributed by atoms with Gasteiger partial charge in [-0.05, 0) is 36.3 Å². The molecule has 11 nitrogen and oxygen atoms in total. The predicted molar refractivity (Wildman–Crippen MR) is 162 cm³/mol. The molecule has 1 amide bonds. The van der Waals surface area contributed by atoms with E-state index in [1.54, 1.807) is 24.3 Å². The van der Waals surface area contributed by atoms with E-state index in [0.717, 1.165) is 57.6 Å². The van der Waals surface area contributed by atoms with Crippen LogP contribution in [-0.4, -0.2) is 79.9 Å². The summed E-state index contributed by atoms with van der Waals surface area (Å²) in [5.74, 6) is -0.710. The highest BCUT2D eigenvalue weighted by atomic mass is 19.2. The average Bonchev–Trinajstić information content (AvgIpc) is 3.74. The molecule has 3 aromatic rings. The van der Waals surface area contributed by atoms with Gasteiger partial charge in [0.25, 0.3) is 0 Å². The van der Waals surface area contributed by atoms with Crippen LogP contribution < -0.4 is 25.3 Å². The fourth-order valence-corrected chi connectivity index (χ4v) is 5.97. The van der Waals surface area contributed by atoms with Gasteiger partial charge in [0.05, 0.1) is 50.0 Å². The first-order valence-electron chi connectivity index (χ1n) is 14.6. The molecule has 0 saturated carbocycles. The molecule has 0 radical (unpaired) electrons. The van der Waals surface area contributed by atoms with Crippen molar-refractivity contribution in [3.05, 3.63) is 72.6 Å². The van der Waals surface area contributed by atoms with Crippen LogP contribution in [0.3, 0.4) is 0 Å². The number of halogens is 2. The van der Waals surface area contributed by atoms with Gasteiger partial charge in [-0.2, -0.15) is 0 Å². The van der Waals surface area contributed by atoms with Gasteiger partial charge in [0.15, 0.2) is 17.5 Å². The molecule has 44 heavy (non-hydrogen) atoms. The molecule has 3 aliphatic heterocycles. The molecular weight excluding hydrogens is 572 g/mol. The van der Waals surface area contributed by atoms with E-state index < -0.39 is 11.6 Å². The van der Waals surface area contributed by atoms with E-state index in [-0.39, 0.29) is 11.9 Å². The van der Waals surface area contributed by atoms with Crippen molar-refractivity contribution in [1.82, 2.24) is 14.9 Å². The van der Waals surface area contributed by atoms with Crippen LogP contribution in [0.5, 0.6) is 5.75 Å². The molecule has 0 spiro atoms. The maximum atomic E-state index is 14.0. The Morgan fingerprint density at radius 2 is 1.89 bits per heavy atom. The second kappa shape index (κ2) is 13.1. The summed E-state index contributed by atoms with van der Waals surface area (Å²) < 4.78 is 38.8. The Morgan fingerprint density at radius 3 is 2.66 bits per heavy atom. The van der Waals surface area contributed by atoms with Gasteiger partial charge in [-0.3, -0.25) is 14.5 Å². The summed E-state index contributed by atoms with van der Waals surface area (Å²) in [5.41, 5.74) is 2.61. The monoisotopic (exact) mass is 607 g/mol. The third kappa shape index (κ3) is 6.30. The molecule has 6 rings (SSSR count). The number of nitrogens with zero attached hydrogens (tertiary/aromatic N) is 5. The minimum Gasteiger partial charge on any atom is -0.494 e. The summed E-state index contributed by atoms with van der Waals surface area (Å²) in [6, 6.07) is 9.29. The minimum absolute atomic E-state index is 0.329. The van der Waals surface area contributed by atoms with Crippen LogP contribution >= 0.6 is 0 Å². The zero-order valence-electron chi connectivity index (χ0n) is 24.5. The van der Waals surface area contributed by atoms with Gasteiger partial charge >= 0.3 is 0 Å². The summed E-state index contributed by atoms with van der Waals surface area (Å²) in [5, 5.41) is 7.81. The average molecular weight is 608 g/mol. The number of carbonyl (C=O) groups excluding carboxylic acids is 1. The third-order valence-corrected chi connectivity index (χ3v) is 8.20. The summed E-state index contributed by atoms with van der Waals surface area (Å²) in [7, 11) is 1.59. The Labute approximate surface area is 254 Å². The van der Waals surface area contributed by atoms with E-state index >= 15 is 0 Å². The lowest BCUT2D eigenvalue weighted by molar-refractivity contribution is -0.111. The van der Waals surface area contributed by atoms with Crippen LogP contribution in [0.25, 0.3) is 0 Å². The van der Waals surface area contributed by atoms with Crippen LogP contribution in [0.2, 0.25) is 0 Å². The van der Waals surface area contributed by atoms with Crippen molar-refractivity contribution < 1.29 is 27.9 Å². The SMILES string of the molecule is C=CC(=O)Nc1cc(Nc2cc(N3OCC[C@@H]3c3ccc(F)c(F)c3)ncn2)c(OC)cc1N1CC[C@@H](N2CCOCC2)C1. The summed E-state index contributed by atoms with van der Waals surface area (Å²) in [6.07, 6.45) is 4.20. The highest BCUT2D eigenvalue weighted by Gasteiger charge is 2.32. The van der Waals surface area contributed by atoms with Crippen molar-refractivity contribution in [2.24, 2.45) is 0 Å². The molecule has 0 bridgehead atoms. The molecule has 13 heteroatoms. The lowest BCUT2D eigenvalue weighted by Crippen LogP contribution is -2.44. The maximum absolute atomic E-state index is 14.0. The number of nitrogens with one attached hydrogen (secondary N) is 2. The number of benzene rings is 2. The lowest BCUT2D eigenvalue weighted by Gasteiger charge is -2.32. The van der Waals surface area contributed by atoms with E-state index in [1.807, 2.05) is 12.1 Å². The van der Waals surface area contributed by atoms with Gasteiger partial charge in [0.2, 0.25) is 5.91 Å². The lowest BCUT2D eigenvalue weighted by atomic mass is 10.0. The zero-order chi connectivity index (χ0) is 30.6. The van der Waals surface area contributed by atoms with Gasteiger partial charge < -0.3 is 25.0 Å². The number of amides is 1. The molecule has 1 aromatic heterocycles. The molecule has 2 N–H and O–H groups in total. The molecule has 3 fully saturated rings. The largest absolute Gasteiger partial charge is 0.494 e. The van der Waals surface area contributed by atoms with E-state index in [4.69, 9.17) is 14.3 Å². The first-order valence-corrected chi connectivity index (χ1v) is 14.6. The standard InChI is InChI=1S/C31H35F2N7O4/c1-3-31(41)37-24-15-25(28(42-2)16-27(24)39-8-6-21(18-39)38-9-12-43-13-10-38)36-29-17-30(35-19-34-29)40-26(7-11-44-40)20-4-5-22(32)23(33)14-20/h3-5,14-17,19,21,26H,1,6-13,18H2,2H3,(H,37,41)(H,34,35,36)/t21-,26-/m1/s1. The topological polar surface area (TPSA) is 104 Å². The van der Waals surface area contributed by atoms with Crippen LogP contribution in [0, 0.1) is 11.6 Å². The van der Waals surface area contributed by atoms with Crippen molar-refractivity contribution in [1.29, 1.82) is 0 Å². The third-order valence-electron chi connectivity index (χ3n) is 8.20. The number of aromatic nitrogens is 2. The molecule has 3 aliphatic rings. The number of ether oxygens (including phenoxy) is 2. The van der Waals surface area contributed by atoms with Crippen LogP contribution in [0.1, 0.15) is 24.4 Å². The molecule has 3 saturated heterocycles.